The van der Waals surface area contributed by atoms with Gasteiger partial charge in [0.25, 0.3) is 0 Å². The van der Waals surface area contributed by atoms with Crippen LogP contribution in [-0.4, -0.2) is 29.0 Å². The molecule has 8 heteroatoms. The standard InChI is InChI=1S/C23H30ClN3O4/c1-14(2)9-10-27-15(3)11-19(16(27)4)21(28)13-31-22(29)12-20(26-23(25)30)17-5-7-18(24)8-6-17/h5-8,11,14,20H,9-10,12-13H2,1-4H3,(H3,25,26,30). The molecule has 1 aromatic carbocycles. The van der Waals surface area contributed by atoms with Crippen molar-refractivity contribution in [1.29, 1.82) is 0 Å². The number of aromatic nitrogens is 1. The number of carbonyl (C=O) groups is 3. The zero-order valence-corrected chi connectivity index (χ0v) is 19.2. The normalized spacial score (nSPS) is 11.9. The first kappa shape index (κ1) is 24.5. The van der Waals surface area contributed by atoms with Gasteiger partial charge < -0.3 is 20.4 Å². The van der Waals surface area contributed by atoms with Crippen LogP contribution in [0.4, 0.5) is 4.79 Å². The van der Waals surface area contributed by atoms with Crippen LogP contribution >= 0.6 is 11.6 Å². The molecular weight excluding hydrogens is 418 g/mol. The number of ketones is 1. The number of Topliss-reactive ketones (excluding diaryl/α,β-unsaturated/α-hetero) is 1. The molecule has 168 valence electrons. The lowest BCUT2D eigenvalue weighted by Gasteiger charge is -2.17. The monoisotopic (exact) mass is 447 g/mol. The molecule has 3 N–H and O–H groups in total. The summed E-state index contributed by atoms with van der Waals surface area (Å²) in [4.78, 5) is 36.3. The third kappa shape index (κ3) is 7.14. The molecule has 0 bridgehead atoms. The molecule has 0 aliphatic carbocycles. The van der Waals surface area contributed by atoms with Gasteiger partial charge in [-0.05, 0) is 49.9 Å². The van der Waals surface area contributed by atoms with Crippen LogP contribution in [0.2, 0.25) is 5.02 Å². The van der Waals surface area contributed by atoms with Crippen LogP contribution in [0.3, 0.4) is 0 Å². The summed E-state index contributed by atoms with van der Waals surface area (Å²) in [7, 11) is 0. The van der Waals surface area contributed by atoms with E-state index in [4.69, 9.17) is 22.1 Å². The molecule has 0 spiro atoms. The van der Waals surface area contributed by atoms with E-state index in [1.54, 1.807) is 24.3 Å². The maximum absolute atomic E-state index is 12.6. The Morgan fingerprint density at radius 3 is 2.39 bits per heavy atom. The van der Waals surface area contributed by atoms with Crippen LogP contribution in [0.5, 0.6) is 0 Å². The number of ether oxygens (including phenoxy) is 1. The average Bonchev–Trinajstić information content (AvgIpc) is 2.98. The Hall–Kier alpha value is -2.80. The van der Waals surface area contributed by atoms with Crippen molar-refractivity contribution in [3.05, 3.63) is 57.9 Å². The first-order valence-electron chi connectivity index (χ1n) is 10.3. The summed E-state index contributed by atoms with van der Waals surface area (Å²) in [6, 6.07) is 7.06. The Morgan fingerprint density at radius 2 is 1.81 bits per heavy atom. The van der Waals surface area contributed by atoms with Gasteiger partial charge in [0, 0.05) is 28.5 Å². The summed E-state index contributed by atoms with van der Waals surface area (Å²) in [5.74, 6) is -0.317. The van der Waals surface area contributed by atoms with E-state index in [1.807, 2.05) is 19.9 Å². The summed E-state index contributed by atoms with van der Waals surface area (Å²) in [5, 5.41) is 3.04. The predicted molar refractivity (Wildman–Crippen MR) is 120 cm³/mol. The lowest BCUT2D eigenvalue weighted by atomic mass is 10.0. The number of nitrogens with two attached hydrogens (primary N) is 1. The van der Waals surface area contributed by atoms with Crippen molar-refractivity contribution in [3.8, 4) is 0 Å². The number of halogens is 1. The van der Waals surface area contributed by atoms with Crippen LogP contribution in [0.15, 0.2) is 30.3 Å². The Balaban J connectivity index is 2.00. The number of carbonyl (C=O) groups excluding carboxylic acids is 3. The molecule has 0 radical (unpaired) electrons. The summed E-state index contributed by atoms with van der Waals surface area (Å²) >= 11 is 5.89. The van der Waals surface area contributed by atoms with Crippen molar-refractivity contribution in [2.45, 2.75) is 53.1 Å². The number of esters is 1. The van der Waals surface area contributed by atoms with E-state index in [9.17, 15) is 14.4 Å². The van der Waals surface area contributed by atoms with E-state index in [1.165, 1.54) is 0 Å². The molecule has 31 heavy (non-hydrogen) atoms. The minimum Gasteiger partial charge on any atom is -0.457 e. The summed E-state index contributed by atoms with van der Waals surface area (Å²) in [6.45, 7) is 8.65. The van der Waals surface area contributed by atoms with Gasteiger partial charge in [-0.15, -0.1) is 0 Å². The van der Waals surface area contributed by atoms with E-state index < -0.39 is 18.0 Å². The maximum atomic E-state index is 12.6. The van der Waals surface area contributed by atoms with Gasteiger partial charge in [0.2, 0.25) is 5.78 Å². The van der Waals surface area contributed by atoms with E-state index >= 15 is 0 Å². The van der Waals surface area contributed by atoms with Crippen LogP contribution in [-0.2, 0) is 16.1 Å². The quantitative estimate of drug-likeness (QED) is 0.417. The molecule has 1 atom stereocenters. The van der Waals surface area contributed by atoms with E-state index in [-0.39, 0.29) is 18.8 Å². The van der Waals surface area contributed by atoms with Gasteiger partial charge >= 0.3 is 12.0 Å². The number of nitrogens with zero attached hydrogens (tertiary/aromatic N) is 1. The van der Waals surface area contributed by atoms with Gasteiger partial charge in [0.05, 0.1) is 12.5 Å². The van der Waals surface area contributed by atoms with Crippen molar-refractivity contribution in [2.75, 3.05) is 6.61 Å². The molecule has 1 heterocycles. The molecule has 0 saturated heterocycles. The first-order chi connectivity index (χ1) is 14.6. The SMILES string of the molecule is Cc1cc(C(=O)COC(=O)CC(NC(N)=O)c2ccc(Cl)cc2)c(C)n1CCC(C)C. The van der Waals surface area contributed by atoms with Crippen LogP contribution in [0, 0.1) is 19.8 Å². The second-order valence-corrected chi connectivity index (χ2v) is 8.46. The molecule has 7 nitrogen and oxygen atoms in total. The lowest BCUT2D eigenvalue weighted by Crippen LogP contribution is -2.34. The van der Waals surface area contributed by atoms with E-state index in [2.05, 4.69) is 23.7 Å². The van der Waals surface area contributed by atoms with E-state index in [0.29, 0.717) is 22.1 Å². The number of urea groups is 1. The average molecular weight is 448 g/mol. The fraction of sp³-hybridized carbons (Fsp3) is 0.435. The van der Waals surface area contributed by atoms with Gasteiger partial charge in [-0.1, -0.05) is 37.6 Å². The fourth-order valence-corrected chi connectivity index (χ4v) is 3.51. The number of amides is 2. The number of hydrogen-bond donors (Lipinski definition) is 2. The minimum absolute atomic E-state index is 0.161. The second-order valence-electron chi connectivity index (χ2n) is 8.02. The maximum Gasteiger partial charge on any atom is 0.312 e. The third-order valence-corrected chi connectivity index (χ3v) is 5.38. The highest BCUT2D eigenvalue weighted by atomic mass is 35.5. The highest BCUT2D eigenvalue weighted by Gasteiger charge is 2.21. The van der Waals surface area contributed by atoms with Crippen LogP contribution in [0.25, 0.3) is 0 Å². The molecule has 2 amide bonds. The van der Waals surface area contributed by atoms with Crippen molar-refractivity contribution >= 4 is 29.4 Å². The van der Waals surface area contributed by atoms with Crippen molar-refractivity contribution in [2.24, 2.45) is 11.7 Å². The van der Waals surface area contributed by atoms with Crippen molar-refractivity contribution in [3.63, 3.8) is 0 Å². The van der Waals surface area contributed by atoms with Gasteiger partial charge in [-0.25, -0.2) is 4.79 Å². The van der Waals surface area contributed by atoms with Gasteiger partial charge in [0.15, 0.2) is 6.61 Å². The molecule has 0 aliphatic rings. The number of primary amides is 1. The first-order valence-corrected chi connectivity index (χ1v) is 10.6. The zero-order valence-electron chi connectivity index (χ0n) is 18.4. The van der Waals surface area contributed by atoms with Gasteiger partial charge in [0.1, 0.15) is 0 Å². The third-order valence-electron chi connectivity index (χ3n) is 5.13. The fourth-order valence-electron chi connectivity index (χ4n) is 3.38. The Kier molecular flexibility index (Phi) is 8.68. The highest BCUT2D eigenvalue weighted by molar-refractivity contribution is 6.30. The van der Waals surface area contributed by atoms with Crippen LogP contribution < -0.4 is 11.1 Å². The highest BCUT2D eigenvalue weighted by Crippen LogP contribution is 2.21. The van der Waals surface area contributed by atoms with Crippen LogP contribution in [0.1, 0.15) is 60.0 Å². The lowest BCUT2D eigenvalue weighted by molar-refractivity contribution is -0.143. The molecule has 0 aliphatic heterocycles. The topological polar surface area (TPSA) is 103 Å². The molecule has 0 fully saturated rings. The summed E-state index contributed by atoms with van der Waals surface area (Å²) in [6.07, 6.45) is 0.850. The molecule has 0 saturated carbocycles. The Labute approximate surface area is 187 Å². The number of rotatable bonds is 10. The minimum atomic E-state index is -0.766. The zero-order chi connectivity index (χ0) is 23.1. The molecular formula is C23H30ClN3O4. The summed E-state index contributed by atoms with van der Waals surface area (Å²) < 4.78 is 7.32. The number of nitrogens with one attached hydrogen (secondary N) is 1. The Morgan fingerprint density at radius 1 is 1.16 bits per heavy atom. The second kappa shape index (κ2) is 11.0. The number of hydrogen-bond acceptors (Lipinski definition) is 4. The Bertz CT molecular complexity index is 935. The molecule has 2 aromatic rings. The summed E-state index contributed by atoms with van der Waals surface area (Å²) in [5.41, 5.74) is 8.30. The largest absolute Gasteiger partial charge is 0.457 e. The predicted octanol–water partition coefficient (Wildman–Crippen LogP) is 4.33. The van der Waals surface area contributed by atoms with Crippen molar-refractivity contribution < 1.29 is 19.1 Å². The van der Waals surface area contributed by atoms with Gasteiger partial charge in [-0.2, -0.15) is 0 Å². The smallest absolute Gasteiger partial charge is 0.312 e. The van der Waals surface area contributed by atoms with Crippen molar-refractivity contribution in [1.82, 2.24) is 9.88 Å². The molecule has 1 unspecified atom stereocenters. The number of benzene rings is 1. The molecule has 1 aromatic heterocycles. The number of aryl methyl sites for hydroxylation is 1. The van der Waals surface area contributed by atoms with E-state index in [0.717, 1.165) is 24.4 Å². The molecule has 2 rings (SSSR count). The van der Waals surface area contributed by atoms with Gasteiger partial charge in [-0.3, -0.25) is 9.59 Å².